The van der Waals surface area contributed by atoms with Crippen molar-refractivity contribution in [3.8, 4) is 0 Å². The topological polar surface area (TPSA) is 86.8 Å². The number of carbonyl (C=O) groups excluding carboxylic acids is 2. The lowest BCUT2D eigenvalue weighted by Gasteiger charge is -2.33. The summed E-state index contributed by atoms with van der Waals surface area (Å²) in [6, 6.07) is 13.6. The fourth-order valence-electron chi connectivity index (χ4n) is 4.42. The molecule has 1 N–H and O–H groups in total. The van der Waals surface area contributed by atoms with Crippen LogP contribution in [0, 0.1) is 12.7 Å². The summed E-state index contributed by atoms with van der Waals surface area (Å²) >= 11 is 0. The maximum Gasteiger partial charge on any atom is 0.416 e. The largest absolute Gasteiger partial charge is 0.416 e. The number of anilines is 1. The number of halogens is 4. The molecule has 12 heteroatoms. The van der Waals surface area contributed by atoms with Crippen molar-refractivity contribution < 1.29 is 35.6 Å². The van der Waals surface area contributed by atoms with Crippen LogP contribution in [0.4, 0.5) is 23.2 Å². The molecule has 232 valence electrons. The van der Waals surface area contributed by atoms with E-state index in [9.17, 15) is 35.6 Å². The molecule has 43 heavy (non-hydrogen) atoms. The van der Waals surface area contributed by atoms with Crippen LogP contribution >= 0.6 is 0 Å². The van der Waals surface area contributed by atoms with E-state index >= 15 is 0 Å². The molecule has 0 aliphatic rings. The first-order valence-electron chi connectivity index (χ1n) is 13.9. The van der Waals surface area contributed by atoms with Crippen molar-refractivity contribution >= 4 is 27.5 Å². The predicted octanol–water partition coefficient (Wildman–Crippen LogP) is 6.07. The molecule has 1 atom stereocenters. The second-order valence-electron chi connectivity index (χ2n) is 10.1. The standard InChI is InChI=1S/C31H35F4N3O4S/c1-4-6-18-36-30(40)28(5-2)37(20-23-12-14-25(32)15-13-23)29(39)21-38(26-9-7-8-24(19-26)31(33,34)35)43(41,42)27-16-10-22(3)11-17-27/h7-17,19,28H,4-6,18,20-21H2,1-3H3,(H,36,40)/t28-/m1/s1. The first-order chi connectivity index (χ1) is 20.3. The lowest BCUT2D eigenvalue weighted by Crippen LogP contribution is -2.52. The minimum Gasteiger partial charge on any atom is -0.354 e. The number of sulfonamides is 1. The average Bonchev–Trinajstić information content (AvgIpc) is 2.96. The van der Waals surface area contributed by atoms with Crippen molar-refractivity contribution in [3.63, 3.8) is 0 Å². The van der Waals surface area contributed by atoms with Crippen molar-refractivity contribution in [1.29, 1.82) is 0 Å². The molecular weight excluding hydrogens is 586 g/mol. The molecule has 0 aliphatic heterocycles. The maximum absolute atomic E-state index is 14.0. The molecule has 0 fully saturated rings. The van der Waals surface area contributed by atoms with E-state index in [0.717, 1.165) is 24.1 Å². The Kier molecular flexibility index (Phi) is 11.3. The van der Waals surface area contributed by atoms with E-state index < -0.39 is 52.0 Å². The van der Waals surface area contributed by atoms with Crippen molar-refractivity contribution in [3.05, 3.63) is 95.3 Å². The number of hydrogen-bond acceptors (Lipinski definition) is 4. The molecule has 0 aliphatic carbocycles. The van der Waals surface area contributed by atoms with Gasteiger partial charge >= 0.3 is 6.18 Å². The van der Waals surface area contributed by atoms with E-state index in [2.05, 4.69) is 5.32 Å². The monoisotopic (exact) mass is 621 g/mol. The van der Waals surface area contributed by atoms with Gasteiger partial charge in [-0.1, -0.05) is 56.2 Å². The highest BCUT2D eigenvalue weighted by molar-refractivity contribution is 7.92. The fourth-order valence-corrected chi connectivity index (χ4v) is 5.82. The number of aryl methyl sites for hydroxylation is 1. The summed E-state index contributed by atoms with van der Waals surface area (Å²) in [6.45, 7) is 4.68. The normalized spacial score (nSPS) is 12.4. The maximum atomic E-state index is 14.0. The van der Waals surface area contributed by atoms with Gasteiger partial charge in [-0.25, -0.2) is 12.8 Å². The van der Waals surface area contributed by atoms with Crippen LogP contribution in [0.1, 0.15) is 49.8 Å². The van der Waals surface area contributed by atoms with Crippen molar-refractivity contribution in [2.75, 3.05) is 17.4 Å². The molecule has 0 unspecified atom stereocenters. The molecule has 7 nitrogen and oxygen atoms in total. The van der Waals surface area contributed by atoms with Crippen molar-refractivity contribution in [2.24, 2.45) is 0 Å². The van der Waals surface area contributed by atoms with Gasteiger partial charge in [0.2, 0.25) is 11.8 Å². The molecule has 0 aromatic heterocycles. The number of nitrogens with zero attached hydrogens (tertiary/aromatic N) is 2. The lowest BCUT2D eigenvalue weighted by molar-refractivity contribution is -0.140. The molecule has 2 amide bonds. The number of carbonyl (C=O) groups is 2. The van der Waals surface area contributed by atoms with E-state index in [0.29, 0.717) is 28.9 Å². The molecular formula is C31H35F4N3O4S. The SMILES string of the molecule is CCCCNC(=O)[C@@H](CC)N(Cc1ccc(F)cc1)C(=O)CN(c1cccc(C(F)(F)F)c1)S(=O)(=O)c1ccc(C)cc1. The van der Waals surface area contributed by atoms with Gasteiger partial charge in [0.1, 0.15) is 18.4 Å². The molecule has 0 spiro atoms. The highest BCUT2D eigenvalue weighted by Crippen LogP contribution is 2.33. The lowest BCUT2D eigenvalue weighted by atomic mass is 10.1. The summed E-state index contributed by atoms with van der Waals surface area (Å²) in [4.78, 5) is 28.1. The zero-order valence-corrected chi connectivity index (χ0v) is 25.0. The number of unbranched alkanes of at least 4 members (excludes halogenated alkanes) is 1. The number of amides is 2. The van der Waals surface area contributed by atoms with Crippen LogP contribution in [0.3, 0.4) is 0 Å². The van der Waals surface area contributed by atoms with Gasteiger partial charge in [-0.05, 0) is 67.8 Å². The fraction of sp³-hybridized carbons (Fsp3) is 0.355. The number of rotatable bonds is 13. The third kappa shape index (κ3) is 8.79. The van der Waals surface area contributed by atoms with Gasteiger partial charge in [0.25, 0.3) is 10.0 Å². The van der Waals surface area contributed by atoms with Crippen LogP contribution in [0.2, 0.25) is 0 Å². The second kappa shape index (κ2) is 14.5. The van der Waals surface area contributed by atoms with Gasteiger partial charge in [0.05, 0.1) is 16.1 Å². The zero-order chi connectivity index (χ0) is 31.8. The molecule has 3 aromatic carbocycles. The van der Waals surface area contributed by atoms with Gasteiger partial charge in [0.15, 0.2) is 0 Å². The van der Waals surface area contributed by atoms with Crippen LogP contribution in [0.25, 0.3) is 0 Å². The minimum absolute atomic E-state index is 0.166. The summed E-state index contributed by atoms with van der Waals surface area (Å²) < 4.78 is 82.8. The van der Waals surface area contributed by atoms with Gasteiger partial charge in [-0.2, -0.15) is 13.2 Å². The Balaban J connectivity index is 2.09. The predicted molar refractivity (Wildman–Crippen MR) is 156 cm³/mol. The van der Waals surface area contributed by atoms with E-state index in [-0.39, 0.29) is 23.5 Å². The molecule has 3 aromatic rings. The third-order valence-electron chi connectivity index (χ3n) is 6.83. The minimum atomic E-state index is -4.77. The Bertz CT molecular complexity index is 1490. The number of hydrogen-bond donors (Lipinski definition) is 1. The summed E-state index contributed by atoms with van der Waals surface area (Å²) in [5.41, 5.74) is -0.232. The zero-order valence-electron chi connectivity index (χ0n) is 24.2. The highest BCUT2D eigenvalue weighted by Gasteiger charge is 2.36. The number of nitrogens with one attached hydrogen (secondary N) is 1. The van der Waals surface area contributed by atoms with E-state index in [1.54, 1.807) is 13.8 Å². The Hall–Kier alpha value is -3.93. The van der Waals surface area contributed by atoms with Crippen LogP contribution in [0.15, 0.2) is 77.7 Å². The Morgan fingerprint density at radius 3 is 2.19 bits per heavy atom. The Morgan fingerprint density at radius 2 is 1.60 bits per heavy atom. The summed E-state index contributed by atoms with van der Waals surface area (Å²) in [6.07, 6.45) is -3.08. The molecule has 0 saturated carbocycles. The number of benzene rings is 3. The molecule has 0 bridgehead atoms. The van der Waals surface area contributed by atoms with Crippen LogP contribution in [0.5, 0.6) is 0 Å². The molecule has 3 rings (SSSR count). The Morgan fingerprint density at radius 1 is 0.953 bits per heavy atom. The summed E-state index contributed by atoms with van der Waals surface area (Å²) in [5.74, 6) is -1.79. The Labute approximate surface area is 249 Å². The molecule has 0 saturated heterocycles. The van der Waals surface area contributed by atoms with Gasteiger partial charge in [-0.15, -0.1) is 0 Å². The van der Waals surface area contributed by atoms with E-state index in [4.69, 9.17) is 0 Å². The summed E-state index contributed by atoms with van der Waals surface area (Å²) in [7, 11) is -4.54. The number of alkyl halides is 3. The smallest absolute Gasteiger partial charge is 0.354 e. The molecule has 0 radical (unpaired) electrons. The second-order valence-corrected chi connectivity index (χ2v) is 12.0. The van der Waals surface area contributed by atoms with Crippen LogP contribution in [-0.4, -0.2) is 44.3 Å². The van der Waals surface area contributed by atoms with Crippen molar-refractivity contribution in [1.82, 2.24) is 10.2 Å². The quantitative estimate of drug-likeness (QED) is 0.185. The molecule has 0 heterocycles. The van der Waals surface area contributed by atoms with Crippen LogP contribution < -0.4 is 9.62 Å². The van der Waals surface area contributed by atoms with Gasteiger partial charge in [-0.3, -0.25) is 13.9 Å². The van der Waals surface area contributed by atoms with E-state index in [1.165, 1.54) is 59.5 Å². The average molecular weight is 622 g/mol. The first kappa shape index (κ1) is 33.6. The third-order valence-corrected chi connectivity index (χ3v) is 8.62. The summed E-state index contributed by atoms with van der Waals surface area (Å²) in [5, 5.41) is 2.79. The highest BCUT2D eigenvalue weighted by atomic mass is 32.2. The first-order valence-corrected chi connectivity index (χ1v) is 15.3. The van der Waals surface area contributed by atoms with Crippen molar-refractivity contribution in [2.45, 2.75) is 63.7 Å². The van der Waals surface area contributed by atoms with Crippen LogP contribution in [-0.2, 0) is 32.3 Å². The van der Waals surface area contributed by atoms with E-state index in [1.807, 2.05) is 6.92 Å². The van der Waals surface area contributed by atoms with Gasteiger partial charge < -0.3 is 10.2 Å². The van der Waals surface area contributed by atoms with Gasteiger partial charge in [0, 0.05) is 13.1 Å².